The predicted molar refractivity (Wildman–Crippen MR) is 578 cm³/mol. The van der Waals surface area contributed by atoms with Gasteiger partial charge in [0.15, 0.2) is 17.4 Å². The van der Waals surface area contributed by atoms with Crippen LogP contribution < -0.4 is 41.5 Å². The van der Waals surface area contributed by atoms with Crippen LogP contribution in [0.15, 0.2) is 206 Å². The third-order valence-electron chi connectivity index (χ3n) is 29.6. The highest BCUT2D eigenvalue weighted by molar-refractivity contribution is 8.08. The summed E-state index contributed by atoms with van der Waals surface area (Å²) in [6, 6.07) is 46.8. The second-order valence-electron chi connectivity index (χ2n) is 42.8. The number of nitrogens with zero attached hydrogens (tertiary/aromatic N) is 11. The summed E-state index contributed by atoms with van der Waals surface area (Å²) < 4.78 is 16.1. The number of β-amino-alcohol motifs (C(OH)–C–C–N with tert-alkyl or cyclic N) is 1. The SMILES string of the molecule is CC1=C(C)C2=C(C1)n1c(C)nnc1C(CC(=O)NCCCOc1cccc(CC(=O)N[C@H](C(=O)C3CC(O)CC3C(=O)CCc3ccc(C4=C(C)NCS4)cc3)C(C)(C)C)c1)N=C2c1ccc(C)cc1.CC1=C(C)C2=C(C1)n1c(C)nnc1C(CC(=O)NCc1ccc(N3CCN(CCOCC(=O)N[C@H](C(=O)N4CC(O)CC4C(=O)N[C@@H](C)c4ccc(-c5sccc5C)cc4)C(C)(C)C)CC3)cc1)N=C2c1ccc(C)cc1. The van der Waals surface area contributed by atoms with Crippen molar-refractivity contribution in [2.45, 2.75) is 243 Å². The summed E-state index contributed by atoms with van der Waals surface area (Å²) in [5, 5.41) is 60.0. The second kappa shape index (κ2) is 46.7. The van der Waals surface area contributed by atoms with Gasteiger partial charge in [-0.2, -0.15) is 0 Å². The molecule has 6 aromatic carbocycles. The van der Waals surface area contributed by atoms with E-state index in [1.165, 1.54) is 48.1 Å². The van der Waals surface area contributed by atoms with Gasteiger partial charge in [-0.15, -0.1) is 43.5 Å². The highest BCUT2D eigenvalue weighted by Gasteiger charge is 2.49. The zero-order chi connectivity index (χ0) is 105. The highest BCUT2D eigenvalue weighted by Crippen LogP contribution is 2.47. The van der Waals surface area contributed by atoms with Gasteiger partial charge < -0.3 is 61.4 Å². The number of nitrogens with one attached hydrogen (secondary N) is 6. The van der Waals surface area contributed by atoms with Crippen LogP contribution in [0.1, 0.15) is 238 Å². The minimum Gasteiger partial charge on any atom is -0.494 e. The number of thiophene rings is 1. The van der Waals surface area contributed by atoms with Crippen LogP contribution in [0.4, 0.5) is 5.69 Å². The van der Waals surface area contributed by atoms with E-state index >= 15 is 0 Å². The molecular weight excluding hydrogens is 1890 g/mol. The van der Waals surface area contributed by atoms with Crippen LogP contribution in [0.3, 0.4) is 0 Å². The molecule has 29 nitrogen and oxygen atoms in total. The first-order chi connectivity index (χ1) is 70.3. The summed E-state index contributed by atoms with van der Waals surface area (Å²) in [7, 11) is 0. The van der Waals surface area contributed by atoms with Gasteiger partial charge >= 0.3 is 0 Å². The third-order valence-corrected chi connectivity index (χ3v) is 31.8. The van der Waals surface area contributed by atoms with Crippen LogP contribution in [0.25, 0.3) is 26.7 Å². The molecule has 0 spiro atoms. The molecule has 7 unspecified atom stereocenters. The third kappa shape index (κ3) is 25.4. The number of likely N-dealkylation sites (tertiary alicyclic amines) is 1. The standard InChI is InChI=1S/C60H74N10O6S.C56H67N7O6S/c1-36-10-14-44(15-11-36)54-53-39(4)38(3)30-49(53)70-41(6)65-66-57(70)48(63-54)32-51(72)61-33-42-12-20-46(21-13-42)68-25-23-67(24-26-68)27-28-76-35-52(73)64-56(60(7,8)9)59(75)69-34-47(71)31-50(69)58(74)62-40(5)43-16-18-45(19-17-43)55-37(2)22-29-77-55;1-32-13-18-39(19-14-32)51-50-34(3)33(2)25-46(50)63-36(5)61-62-55(63)45(59-51)30-48(66)57-23-10-24-69-42-12-9-11-38(26-42)27-49(67)60-54(56(6,7)8)52(68)44-29-41(64)28-43(44)47(65)22-17-37-15-20-40(21-16-37)53-35(4)58-31-70-53/h10-22,29,40,47-48,50,56,71H,23-28,30-35H2,1-9H3,(H,61,72)(H,62,74)(H,64,73);9,11-16,18-21,26,41,43-45,54,58,64H,10,17,22-25,27-31H2,1-8H3,(H,57,66)(H,60,67)/t40-,47?,48?,50?,56+;41?,43?,44?,45?,54-/m01/s1. The van der Waals surface area contributed by atoms with E-state index < -0.39 is 76.9 Å². The summed E-state index contributed by atoms with van der Waals surface area (Å²) in [6.07, 6.45) is 2.08. The number of thioether (sulfide) groups is 1. The number of allylic oxidation sites excluding steroid dienone is 9. The predicted octanol–water partition coefficient (Wildman–Crippen LogP) is 16.2. The van der Waals surface area contributed by atoms with Gasteiger partial charge in [-0.25, -0.2) is 0 Å². The first-order valence-electron chi connectivity index (χ1n) is 51.5. The van der Waals surface area contributed by atoms with E-state index in [1.807, 2.05) is 98.7 Å². The fourth-order valence-electron chi connectivity index (χ4n) is 21.0. The van der Waals surface area contributed by atoms with Crippen molar-refractivity contribution in [2.24, 2.45) is 32.7 Å². The van der Waals surface area contributed by atoms with E-state index in [1.54, 1.807) is 23.1 Å². The first kappa shape index (κ1) is 107. The van der Waals surface area contributed by atoms with Crippen LogP contribution in [0, 0.1) is 57.3 Å². The Bertz CT molecular complexity index is 6640. The number of carbonyl (C=O) groups is 8. The molecule has 10 atom stereocenters. The highest BCUT2D eigenvalue weighted by atomic mass is 32.2. The van der Waals surface area contributed by atoms with Gasteiger partial charge in [-0.05, 0) is 198 Å². The van der Waals surface area contributed by atoms with Gasteiger partial charge in [0, 0.05) is 145 Å². The number of ketones is 2. The molecule has 0 bridgehead atoms. The molecule has 1 saturated carbocycles. The Labute approximate surface area is 871 Å². The van der Waals surface area contributed by atoms with Crippen molar-refractivity contribution in [3.8, 4) is 16.2 Å². The van der Waals surface area contributed by atoms with Crippen LogP contribution in [0.5, 0.6) is 5.75 Å². The number of aliphatic hydroxyl groups is 2. The van der Waals surface area contributed by atoms with Crippen molar-refractivity contribution in [2.75, 3.05) is 76.4 Å². The number of hydrogen-bond donors (Lipinski definition) is 8. The maximum Gasteiger partial charge on any atom is 0.246 e. The number of anilines is 1. The maximum absolute atomic E-state index is 14.3. The molecule has 3 aliphatic carbocycles. The Kier molecular flexibility index (Phi) is 33.9. The van der Waals surface area contributed by atoms with E-state index in [9.17, 15) is 48.6 Å². The Balaban J connectivity index is 0.000000211. The van der Waals surface area contributed by atoms with Gasteiger partial charge in [0.1, 0.15) is 54.0 Å². The number of aryl methyl sites for hydroxylation is 6. The number of amides is 6. The molecule has 3 aromatic heterocycles. The smallest absolute Gasteiger partial charge is 0.246 e. The van der Waals surface area contributed by atoms with E-state index in [4.69, 9.17) is 19.5 Å². The molecule has 5 aliphatic heterocycles. The van der Waals surface area contributed by atoms with Gasteiger partial charge in [-0.1, -0.05) is 185 Å². The number of Topliss-reactive ketones (excluding diaryl/α,β-unsaturated/α-hetero) is 2. The van der Waals surface area contributed by atoms with Crippen molar-refractivity contribution in [3.05, 3.63) is 275 Å². The molecule has 17 rings (SSSR count). The molecule has 8 N–H and O–H groups in total. The lowest BCUT2D eigenvalue weighted by molar-refractivity contribution is -0.144. The molecule has 6 amide bonds. The van der Waals surface area contributed by atoms with Gasteiger partial charge in [0.05, 0.1) is 74.1 Å². The normalized spacial score (nSPS) is 20.0. The lowest BCUT2D eigenvalue weighted by Gasteiger charge is -2.36. The van der Waals surface area contributed by atoms with E-state index in [-0.39, 0.29) is 99.3 Å². The number of aliphatic hydroxyl groups excluding tert-OH is 2. The molecule has 3 fully saturated rings. The van der Waals surface area contributed by atoms with Gasteiger partial charge in [-0.3, -0.25) is 62.4 Å². The largest absolute Gasteiger partial charge is 0.494 e. The minimum absolute atomic E-state index is 0.00377. The number of piperazine rings is 1. The van der Waals surface area contributed by atoms with E-state index in [0.29, 0.717) is 68.7 Å². The Morgan fingerprint density at radius 3 is 1.70 bits per heavy atom. The van der Waals surface area contributed by atoms with E-state index in [2.05, 4.69) is 247 Å². The number of aliphatic imine (C=N–C) groups is 2. The number of rotatable bonds is 35. The zero-order valence-electron chi connectivity index (χ0n) is 87.8. The maximum atomic E-state index is 14.3. The quantitative estimate of drug-likeness (QED) is 0.0171. The van der Waals surface area contributed by atoms with Crippen LogP contribution in [0.2, 0.25) is 0 Å². The number of benzene rings is 6. The molecule has 8 heterocycles. The number of fused-ring (bicyclic) bond motifs is 4. The minimum atomic E-state index is -0.948. The van der Waals surface area contributed by atoms with Crippen molar-refractivity contribution in [1.82, 2.24) is 71.2 Å². The molecule has 2 saturated heterocycles. The molecule has 8 aliphatic rings. The number of hydrogen-bond acceptors (Lipinski definition) is 23. The Morgan fingerprint density at radius 2 is 1.13 bits per heavy atom. The Hall–Kier alpha value is -12.9. The average Bonchev–Trinajstić information content (AvgIpc) is 1.59. The van der Waals surface area contributed by atoms with Gasteiger partial charge in [0.25, 0.3) is 0 Å². The van der Waals surface area contributed by atoms with Crippen LogP contribution in [-0.4, -0.2) is 210 Å². The summed E-state index contributed by atoms with van der Waals surface area (Å²) in [4.78, 5) is 129. The molecule has 9 aromatic rings. The second-order valence-corrected chi connectivity index (χ2v) is 44.7. The van der Waals surface area contributed by atoms with Crippen molar-refractivity contribution in [3.63, 3.8) is 0 Å². The Morgan fingerprint density at radius 1 is 0.565 bits per heavy atom. The topological polar surface area (TPSA) is 364 Å². The van der Waals surface area contributed by atoms with Crippen molar-refractivity contribution in [1.29, 1.82) is 0 Å². The fraction of sp³-hybridized carbons (Fsp3) is 0.448. The fourth-order valence-corrected chi connectivity index (χ4v) is 23.0. The average molecular weight is 2030 g/mol. The summed E-state index contributed by atoms with van der Waals surface area (Å²) in [5.41, 5.74) is 23.5. The molecule has 147 heavy (non-hydrogen) atoms. The lowest BCUT2D eigenvalue weighted by atomic mass is 9.76. The zero-order valence-corrected chi connectivity index (χ0v) is 89.4. The van der Waals surface area contributed by atoms with Crippen molar-refractivity contribution < 1.29 is 58.0 Å². The van der Waals surface area contributed by atoms with Crippen LogP contribution >= 0.6 is 23.1 Å². The van der Waals surface area contributed by atoms with Gasteiger partial charge in [0.2, 0.25) is 35.4 Å². The molecular formula is C116H141N17O12S2. The van der Waals surface area contributed by atoms with Crippen LogP contribution in [-0.2, 0) is 62.5 Å². The van der Waals surface area contributed by atoms with E-state index in [0.717, 1.165) is 146 Å². The monoisotopic (exact) mass is 2030 g/mol. The lowest BCUT2D eigenvalue weighted by Crippen LogP contribution is -2.58. The summed E-state index contributed by atoms with van der Waals surface area (Å²) in [5.74, 6) is 1.01. The van der Waals surface area contributed by atoms with Crippen molar-refractivity contribution >= 4 is 104 Å². The summed E-state index contributed by atoms with van der Waals surface area (Å²) in [6.45, 7) is 39.1. The first-order valence-corrected chi connectivity index (χ1v) is 53.4. The number of aromatic nitrogens is 6. The number of carbonyl (C=O) groups excluding carboxylic acids is 8. The molecule has 0 radical (unpaired) electrons. The molecule has 31 heteroatoms. The molecule has 774 valence electrons. The number of ether oxygens (including phenoxy) is 2. The summed E-state index contributed by atoms with van der Waals surface area (Å²) >= 11 is 3.47.